The number of fused-ring (bicyclic) bond motifs is 1. The van der Waals surface area contributed by atoms with Crippen molar-refractivity contribution in [3.8, 4) is 11.8 Å². The second-order valence-electron chi connectivity index (χ2n) is 4.80. The minimum absolute atomic E-state index is 0.202. The molecule has 2 aromatic rings. The van der Waals surface area contributed by atoms with Gasteiger partial charge >= 0.3 is 0 Å². The summed E-state index contributed by atoms with van der Waals surface area (Å²) in [7, 11) is 0. The lowest BCUT2D eigenvalue weighted by atomic mass is 10.2. The van der Waals surface area contributed by atoms with E-state index in [4.69, 9.17) is 15.7 Å². The summed E-state index contributed by atoms with van der Waals surface area (Å²) in [5.41, 5.74) is 8.51. The molecule has 21 heavy (non-hydrogen) atoms. The lowest BCUT2D eigenvalue weighted by Crippen LogP contribution is -2.32. The van der Waals surface area contributed by atoms with E-state index in [0.717, 1.165) is 5.69 Å². The number of nitrogens with two attached hydrogens (primary N) is 1. The molecule has 0 bridgehead atoms. The normalized spacial score (nSPS) is 16.2. The molecule has 104 valence electrons. The van der Waals surface area contributed by atoms with Gasteiger partial charge in [-0.2, -0.15) is 5.26 Å². The third kappa shape index (κ3) is 2.65. The molecule has 0 radical (unpaired) electrons. The van der Waals surface area contributed by atoms with Crippen molar-refractivity contribution in [1.82, 2.24) is 0 Å². The van der Waals surface area contributed by atoms with Crippen LogP contribution in [0.25, 0.3) is 0 Å². The van der Waals surface area contributed by atoms with Crippen LogP contribution in [0.5, 0.6) is 5.75 Å². The third-order valence-electron chi connectivity index (χ3n) is 3.18. The fraction of sp³-hybridized carbons (Fsp3) is 0.125. The highest BCUT2D eigenvalue weighted by atomic mass is 16.5. The van der Waals surface area contributed by atoms with Gasteiger partial charge in [0.1, 0.15) is 17.3 Å². The predicted octanol–water partition coefficient (Wildman–Crippen LogP) is 3.06. The summed E-state index contributed by atoms with van der Waals surface area (Å²) in [6, 6.07) is 14.7. The molecular formula is C16H14N4O. The van der Waals surface area contributed by atoms with Crippen molar-refractivity contribution in [3.05, 3.63) is 48.0 Å². The molecule has 1 aliphatic rings. The summed E-state index contributed by atoms with van der Waals surface area (Å²) < 4.78 is 5.81. The number of hydrogen-bond acceptors (Lipinski definition) is 5. The molecule has 0 spiro atoms. The van der Waals surface area contributed by atoms with Crippen molar-refractivity contribution < 1.29 is 4.74 Å². The summed E-state index contributed by atoms with van der Waals surface area (Å²) in [5, 5.41) is 12.1. The van der Waals surface area contributed by atoms with Crippen LogP contribution in [0.4, 0.5) is 17.1 Å². The van der Waals surface area contributed by atoms with E-state index < -0.39 is 0 Å². The zero-order chi connectivity index (χ0) is 14.8. The molecule has 2 aromatic carbocycles. The molecule has 5 heteroatoms. The van der Waals surface area contributed by atoms with Gasteiger partial charge in [0.2, 0.25) is 0 Å². The zero-order valence-corrected chi connectivity index (χ0v) is 11.5. The Balaban J connectivity index is 1.92. The number of amidine groups is 1. The topological polar surface area (TPSA) is 83.4 Å². The van der Waals surface area contributed by atoms with Crippen molar-refractivity contribution in [3.63, 3.8) is 0 Å². The predicted molar refractivity (Wildman–Crippen MR) is 82.8 cm³/mol. The first-order chi connectivity index (χ1) is 10.2. The maximum Gasteiger partial charge on any atom is 0.153 e. The highest BCUT2D eigenvalue weighted by molar-refractivity contribution is 6.01. The zero-order valence-electron chi connectivity index (χ0n) is 11.5. The fourth-order valence-electron chi connectivity index (χ4n) is 2.13. The first-order valence-corrected chi connectivity index (χ1v) is 6.57. The second kappa shape index (κ2) is 5.17. The van der Waals surface area contributed by atoms with Gasteiger partial charge in [0, 0.05) is 11.4 Å². The van der Waals surface area contributed by atoms with Crippen molar-refractivity contribution in [1.29, 1.82) is 5.26 Å². The lowest BCUT2D eigenvalue weighted by Gasteiger charge is -2.24. The van der Waals surface area contributed by atoms with Gasteiger partial charge in [-0.1, -0.05) is 6.07 Å². The van der Waals surface area contributed by atoms with Crippen LogP contribution < -0.4 is 15.8 Å². The second-order valence-corrected chi connectivity index (χ2v) is 4.80. The summed E-state index contributed by atoms with van der Waals surface area (Å²) in [4.78, 5) is 4.56. The molecular weight excluding hydrogens is 264 g/mol. The molecule has 1 unspecified atom stereocenters. The van der Waals surface area contributed by atoms with Crippen molar-refractivity contribution >= 4 is 22.9 Å². The Morgan fingerprint density at radius 3 is 2.95 bits per heavy atom. The summed E-state index contributed by atoms with van der Waals surface area (Å²) in [6.45, 7) is 1.92. The Morgan fingerprint density at radius 1 is 1.29 bits per heavy atom. The summed E-state index contributed by atoms with van der Waals surface area (Å²) >= 11 is 0. The number of nitrogen functional groups attached to an aromatic ring is 1. The first kappa shape index (κ1) is 13.0. The molecule has 1 aliphatic heterocycles. The van der Waals surface area contributed by atoms with Gasteiger partial charge in [-0.05, 0) is 43.3 Å². The smallest absolute Gasteiger partial charge is 0.153 e. The van der Waals surface area contributed by atoms with Crippen molar-refractivity contribution in [2.75, 3.05) is 11.1 Å². The molecule has 0 amide bonds. The Morgan fingerprint density at radius 2 is 2.14 bits per heavy atom. The largest absolute Gasteiger partial charge is 0.481 e. The molecule has 3 rings (SSSR count). The van der Waals surface area contributed by atoms with E-state index in [0.29, 0.717) is 28.5 Å². The molecule has 0 saturated heterocycles. The highest BCUT2D eigenvalue weighted by Crippen LogP contribution is 2.34. The van der Waals surface area contributed by atoms with Crippen LogP contribution >= 0.6 is 0 Å². The summed E-state index contributed by atoms with van der Waals surface area (Å²) in [6.07, 6.45) is -0.202. The van der Waals surface area contributed by atoms with Crippen LogP contribution in [-0.2, 0) is 0 Å². The minimum atomic E-state index is -0.202. The number of aliphatic imine (C=N–C) groups is 1. The van der Waals surface area contributed by atoms with Gasteiger partial charge in [0.05, 0.1) is 11.6 Å². The lowest BCUT2D eigenvalue weighted by molar-refractivity contribution is 0.283. The quantitative estimate of drug-likeness (QED) is 0.785. The minimum Gasteiger partial charge on any atom is -0.481 e. The van der Waals surface area contributed by atoms with Crippen LogP contribution in [-0.4, -0.2) is 11.9 Å². The van der Waals surface area contributed by atoms with Crippen LogP contribution in [0.1, 0.15) is 12.5 Å². The van der Waals surface area contributed by atoms with Crippen LogP contribution in [0.15, 0.2) is 47.5 Å². The Hall–Kier alpha value is -3.00. The number of nitrogens with zero attached hydrogens (tertiary/aromatic N) is 2. The average Bonchev–Trinajstić information content (AvgIpc) is 2.49. The number of rotatable bonds is 1. The average molecular weight is 278 g/mol. The first-order valence-electron chi connectivity index (χ1n) is 6.57. The maximum absolute atomic E-state index is 8.93. The maximum atomic E-state index is 8.93. The number of nitrogens with one attached hydrogen (secondary N) is 1. The third-order valence-corrected chi connectivity index (χ3v) is 3.18. The fourth-order valence-corrected chi connectivity index (χ4v) is 2.13. The molecule has 0 saturated carbocycles. The molecule has 1 atom stereocenters. The van der Waals surface area contributed by atoms with E-state index in [1.54, 1.807) is 24.3 Å². The van der Waals surface area contributed by atoms with Gasteiger partial charge in [0.25, 0.3) is 0 Å². The van der Waals surface area contributed by atoms with Gasteiger partial charge in [-0.15, -0.1) is 0 Å². The monoisotopic (exact) mass is 278 g/mol. The van der Waals surface area contributed by atoms with E-state index in [2.05, 4.69) is 16.4 Å². The number of ether oxygens (including phenoxy) is 1. The molecule has 0 fully saturated rings. The Kier molecular flexibility index (Phi) is 3.20. The van der Waals surface area contributed by atoms with E-state index in [9.17, 15) is 0 Å². The number of anilines is 2. The van der Waals surface area contributed by atoms with E-state index in [1.165, 1.54) is 0 Å². The van der Waals surface area contributed by atoms with E-state index in [-0.39, 0.29) is 6.10 Å². The number of hydrogen-bond donors (Lipinski definition) is 2. The van der Waals surface area contributed by atoms with Crippen LogP contribution in [0.3, 0.4) is 0 Å². The van der Waals surface area contributed by atoms with Crippen molar-refractivity contribution in [2.45, 2.75) is 13.0 Å². The standard InChI is InChI=1S/C16H14N4O/c1-10-16(19-13-4-2-3-11(7-13)9-17)20-14-8-12(18)5-6-15(14)21-10/h2-8,10H,18H2,1H3,(H,19,20). The SMILES string of the molecule is CC1Oc2ccc(N)cc2N=C1Nc1cccc(C#N)c1. The summed E-state index contributed by atoms with van der Waals surface area (Å²) in [5.74, 6) is 1.40. The van der Waals surface area contributed by atoms with Gasteiger partial charge in [-0.3, -0.25) is 0 Å². The van der Waals surface area contributed by atoms with Crippen LogP contribution in [0.2, 0.25) is 0 Å². The van der Waals surface area contributed by atoms with E-state index in [1.807, 2.05) is 25.1 Å². The molecule has 3 N–H and O–H groups in total. The Labute approximate surface area is 122 Å². The van der Waals surface area contributed by atoms with Gasteiger partial charge < -0.3 is 15.8 Å². The number of nitriles is 1. The molecule has 5 nitrogen and oxygen atoms in total. The molecule has 1 heterocycles. The van der Waals surface area contributed by atoms with Gasteiger partial charge in [0.15, 0.2) is 6.10 Å². The highest BCUT2D eigenvalue weighted by Gasteiger charge is 2.20. The van der Waals surface area contributed by atoms with Crippen LogP contribution in [0, 0.1) is 11.3 Å². The Bertz CT molecular complexity index is 761. The van der Waals surface area contributed by atoms with Crippen molar-refractivity contribution in [2.24, 2.45) is 4.99 Å². The molecule has 0 aromatic heterocycles. The van der Waals surface area contributed by atoms with Gasteiger partial charge in [-0.25, -0.2) is 4.99 Å². The molecule has 0 aliphatic carbocycles. The van der Waals surface area contributed by atoms with E-state index >= 15 is 0 Å². The number of benzene rings is 2.